The Bertz CT molecular complexity index is 352. The first kappa shape index (κ1) is 9.44. The van der Waals surface area contributed by atoms with Gasteiger partial charge in [-0.05, 0) is 17.5 Å². The van der Waals surface area contributed by atoms with Crippen LogP contribution in [0.4, 0.5) is 14.5 Å². The number of hydrogen-bond donors (Lipinski definition) is 0. The predicted molar refractivity (Wildman–Crippen MR) is 52.4 cm³/mol. The summed E-state index contributed by atoms with van der Waals surface area (Å²) in [7, 11) is 0. The van der Waals surface area contributed by atoms with Crippen LogP contribution in [0.15, 0.2) is 18.2 Å². The molecule has 0 aliphatic carbocycles. The van der Waals surface area contributed by atoms with E-state index in [1.54, 1.807) is 0 Å². The average Bonchev–Trinajstić information content (AvgIpc) is 2.00. The van der Waals surface area contributed by atoms with E-state index in [2.05, 4.69) is 13.8 Å². The third-order valence-corrected chi connectivity index (χ3v) is 2.49. The van der Waals surface area contributed by atoms with Gasteiger partial charge in [0.15, 0.2) is 0 Å². The van der Waals surface area contributed by atoms with E-state index in [0.717, 1.165) is 19.2 Å². The fourth-order valence-corrected chi connectivity index (χ4v) is 1.90. The Labute approximate surface area is 82.3 Å². The number of halogens is 2. The molecule has 1 aliphatic heterocycles. The number of nitrogens with zero attached hydrogens (tertiary/aromatic N) is 1. The van der Waals surface area contributed by atoms with E-state index in [0.29, 0.717) is 5.69 Å². The number of anilines is 1. The molecule has 1 aliphatic rings. The molecule has 0 spiro atoms. The Morgan fingerprint density at radius 2 is 1.86 bits per heavy atom. The SMILES string of the molecule is CC1(C)CN(c2ccc(F)cc2F)C1. The molecule has 1 heterocycles. The van der Waals surface area contributed by atoms with Crippen molar-refractivity contribution in [1.82, 2.24) is 0 Å². The van der Waals surface area contributed by atoms with Crippen molar-refractivity contribution in [3.63, 3.8) is 0 Å². The second-order valence-corrected chi connectivity index (χ2v) is 4.62. The Morgan fingerprint density at radius 1 is 1.21 bits per heavy atom. The Balaban J connectivity index is 2.19. The summed E-state index contributed by atoms with van der Waals surface area (Å²) in [5, 5.41) is 0. The molecule has 0 atom stereocenters. The van der Waals surface area contributed by atoms with Crippen molar-refractivity contribution >= 4 is 5.69 Å². The van der Waals surface area contributed by atoms with Gasteiger partial charge in [-0.2, -0.15) is 0 Å². The van der Waals surface area contributed by atoms with Crippen molar-refractivity contribution < 1.29 is 8.78 Å². The normalized spacial score (nSPS) is 19.3. The molecule has 0 saturated carbocycles. The fourth-order valence-electron chi connectivity index (χ4n) is 1.90. The van der Waals surface area contributed by atoms with Crippen LogP contribution < -0.4 is 4.90 Å². The first-order valence-electron chi connectivity index (χ1n) is 4.68. The Kier molecular flexibility index (Phi) is 1.98. The third kappa shape index (κ3) is 1.59. The molecule has 1 saturated heterocycles. The molecule has 1 nitrogen and oxygen atoms in total. The summed E-state index contributed by atoms with van der Waals surface area (Å²) >= 11 is 0. The fraction of sp³-hybridized carbons (Fsp3) is 0.455. The smallest absolute Gasteiger partial charge is 0.149 e. The van der Waals surface area contributed by atoms with E-state index in [1.807, 2.05) is 4.90 Å². The first-order valence-corrected chi connectivity index (χ1v) is 4.68. The lowest BCUT2D eigenvalue weighted by Gasteiger charge is -2.47. The van der Waals surface area contributed by atoms with Crippen LogP contribution in [0.1, 0.15) is 13.8 Å². The van der Waals surface area contributed by atoms with Gasteiger partial charge in [0.05, 0.1) is 5.69 Å². The molecule has 1 fully saturated rings. The molecule has 1 aromatic carbocycles. The van der Waals surface area contributed by atoms with E-state index >= 15 is 0 Å². The van der Waals surface area contributed by atoms with Crippen LogP contribution in [-0.4, -0.2) is 13.1 Å². The van der Waals surface area contributed by atoms with Crippen molar-refractivity contribution in [1.29, 1.82) is 0 Å². The molecular formula is C11H13F2N. The van der Waals surface area contributed by atoms with Gasteiger partial charge in [-0.15, -0.1) is 0 Å². The third-order valence-electron chi connectivity index (χ3n) is 2.49. The van der Waals surface area contributed by atoms with Gasteiger partial charge >= 0.3 is 0 Å². The second kappa shape index (κ2) is 2.94. The summed E-state index contributed by atoms with van der Waals surface area (Å²) in [6.07, 6.45) is 0. The number of hydrogen-bond acceptors (Lipinski definition) is 1. The maximum atomic E-state index is 13.3. The average molecular weight is 197 g/mol. The highest BCUT2D eigenvalue weighted by Crippen LogP contribution is 2.34. The molecule has 0 unspecified atom stereocenters. The van der Waals surface area contributed by atoms with Crippen LogP contribution in [0.2, 0.25) is 0 Å². The molecule has 1 aromatic rings. The highest BCUT2D eigenvalue weighted by atomic mass is 19.1. The van der Waals surface area contributed by atoms with Gasteiger partial charge in [-0.3, -0.25) is 0 Å². The van der Waals surface area contributed by atoms with E-state index in [4.69, 9.17) is 0 Å². The molecule has 3 heteroatoms. The van der Waals surface area contributed by atoms with Gasteiger partial charge in [-0.25, -0.2) is 8.78 Å². The van der Waals surface area contributed by atoms with Crippen molar-refractivity contribution in [2.24, 2.45) is 5.41 Å². The zero-order chi connectivity index (χ0) is 10.3. The molecular weight excluding hydrogens is 184 g/mol. The lowest BCUT2D eigenvalue weighted by atomic mass is 9.84. The van der Waals surface area contributed by atoms with Crippen LogP contribution in [0.3, 0.4) is 0 Å². The first-order chi connectivity index (χ1) is 6.48. The zero-order valence-electron chi connectivity index (χ0n) is 8.35. The minimum Gasteiger partial charge on any atom is -0.368 e. The molecule has 76 valence electrons. The quantitative estimate of drug-likeness (QED) is 0.669. The Hall–Kier alpha value is -1.12. The van der Waals surface area contributed by atoms with Gasteiger partial charge < -0.3 is 4.90 Å². The summed E-state index contributed by atoms with van der Waals surface area (Å²) < 4.78 is 25.9. The van der Waals surface area contributed by atoms with Gasteiger partial charge in [0.1, 0.15) is 11.6 Å². The van der Waals surface area contributed by atoms with Crippen molar-refractivity contribution in [2.75, 3.05) is 18.0 Å². The largest absolute Gasteiger partial charge is 0.368 e. The van der Waals surface area contributed by atoms with E-state index in [1.165, 1.54) is 12.1 Å². The molecule has 0 amide bonds. The van der Waals surface area contributed by atoms with Gasteiger partial charge in [0.25, 0.3) is 0 Å². The topological polar surface area (TPSA) is 3.24 Å². The van der Waals surface area contributed by atoms with Crippen LogP contribution in [-0.2, 0) is 0 Å². The zero-order valence-corrected chi connectivity index (χ0v) is 8.35. The van der Waals surface area contributed by atoms with Gasteiger partial charge in [0.2, 0.25) is 0 Å². The Morgan fingerprint density at radius 3 is 2.36 bits per heavy atom. The maximum Gasteiger partial charge on any atom is 0.149 e. The maximum absolute atomic E-state index is 13.3. The van der Waals surface area contributed by atoms with Crippen molar-refractivity contribution in [2.45, 2.75) is 13.8 Å². The molecule has 0 radical (unpaired) electrons. The highest BCUT2D eigenvalue weighted by Gasteiger charge is 2.35. The lowest BCUT2D eigenvalue weighted by Crippen LogP contribution is -2.53. The monoisotopic (exact) mass is 197 g/mol. The van der Waals surface area contributed by atoms with E-state index in [-0.39, 0.29) is 5.41 Å². The highest BCUT2D eigenvalue weighted by molar-refractivity contribution is 5.50. The number of benzene rings is 1. The van der Waals surface area contributed by atoms with Crippen LogP contribution in [0.25, 0.3) is 0 Å². The standard InChI is InChI=1S/C11H13F2N/c1-11(2)6-14(7-11)10-4-3-8(12)5-9(10)13/h3-5H,6-7H2,1-2H3. The summed E-state index contributed by atoms with van der Waals surface area (Å²) in [4.78, 5) is 1.93. The van der Waals surface area contributed by atoms with E-state index in [9.17, 15) is 8.78 Å². The molecule has 0 bridgehead atoms. The number of rotatable bonds is 1. The van der Waals surface area contributed by atoms with Gasteiger partial charge in [0, 0.05) is 19.2 Å². The molecule has 0 N–H and O–H groups in total. The van der Waals surface area contributed by atoms with E-state index < -0.39 is 11.6 Å². The van der Waals surface area contributed by atoms with Crippen LogP contribution in [0.5, 0.6) is 0 Å². The van der Waals surface area contributed by atoms with Crippen molar-refractivity contribution in [3.05, 3.63) is 29.8 Å². The molecule has 14 heavy (non-hydrogen) atoms. The summed E-state index contributed by atoms with van der Waals surface area (Å²) in [6.45, 7) is 5.92. The predicted octanol–water partition coefficient (Wildman–Crippen LogP) is 2.81. The van der Waals surface area contributed by atoms with Gasteiger partial charge in [-0.1, -0.05) is 13.8 Å². The minimum atomic E-state index is -0.522. The van der Waals surface area contributed by atoms with Crippen LogP contribution in [0, 0.1) is 17.0 Å². The summed E-state index contributed by atoms with van der Waals surface area (Å²) in [5.74, 6) is -0.994. The lowest BCUT2D eigenvalue weighted by molar-refractivity contribution is 0.274. The van der Waals surface area contributed by atoms with Crippen LogP contribution >= 0.6 is 0 Å². The summed E-state index contributed by atoms with van der Waals surface area (Å²) in [5.41, 5.74) is 0.756. The van der Waals surface area contributed by atoms with Crippen molar-refractivity contribution in [3.8, 4) is 0 Å². The molecule has 2 rings (SSSR count). The second-order valence-electron chi connectivity index (χ2n) is 4.62. The molecule has 0 aromatic heterocycles. The summed E-state index contributed by atoms with van der Waals surface area (Å²) in [6, 6.07) is 3.73. The minimum absolute atomic E-state index is 0.251.